The summed E-state index contributed by atoms with van der Waals surface area (Å²) in [6.45, 7) is 10.3. The van der Waals surface area contributed by atoms with Crippen LogP contribution < -0.4 is 0 Å². The van der Waals surface area contributed by atoms with Crippen LogP contribution in [0.2, 0.25) is 0 Å². The quantitative estimate of drug-likeness (QED) is 0.0489. The Balaban J connectivity index is -0.000000757. The molecule has 0 aromatic rings. The Kier molecular flexibility index (Phi) is 47.8. The lowest BCUT2D eigenvalue weighted by molar-refractivity contribution is -0.143. The van der Waals surface area contributed by atoms with E-state index < -0.39 is 18.0 Å². The van der Waals surface area contributed by atoms with Crippen molar-refractivity contribution in [2.45, 2.75) is 246 Å². The number of carbonyl (C=O) groups is 2. The van der Waals surface area contributed by atoms with E-state index in [1.807, 2.05) is 0 Å². The largest absolute Gasteiger partial charge is 0.481 e. The zero-order valence-corrected chi connectivity index (χ0v) is 33.7. The van der Waals surface area contributed by atoms with E-state index in [4.69, 9.17) is 10.2 Å². The van der Waals surface area contributed by atoms with E-state index >= 15 is 0 Å². The first-order valence-electron chi connectivity index (χ1n) is 21.5. The Morgan fingerprint density at radius 3 is 0.694 bits per heavy atom. The number of hydrogen-bond acceptors (Lipinski definition) is 4. The predicted molar refractivity (Wildman–Crippen MR) is 211 cm³/mol. The third-order valence-corrected chi connectivity index (χ3v) is 9.59. The molecule has 0 spiro atoms. The van der Waals surface area contributed by atoms with E-state index in [0.29, 0.717) is 0 Å². The van der Waals surface area contributed by atoms with Crippen LogP contribution in [0.4, 0.5) is 0 Å². The number of rotatable bonds is 35. The number of unbranched alkanes of at least 4 members (excludes halogenated alkanes) is 24. The maximum atomic E-state index is 11.3. The molecular weight excluding hydrogens is 612 g/mol. The third-order valence-electron chi connectivity index (χ3n) is 9.59. The fourth-order valence-corrected chi connectivity index (χ4v) is 6.17. The average Bonchev–Trinajstić information content (AvgIpc) is 3.08. The van der Waals surface area contributed by atoms with Gasteiger partial charge in [0.1, 0.15) is 0 Å². The molecule has 0 amide bonds. The summed E-state index contributed by atoms with van der Waals surface area (Å²) in [5.74, 6) is -1.33. The highest BCUT2D eigenvalue weighted by Gasteiger charge is 2.17. The van der Waals surface area contributed by atoms with Gasteiger partial charge in [0.15, 0.2) is 0 Å². The molecule has 0 aromatic heterocycles. The van der Waals surface area contributed by atoms with Gasteiger partial charge in [-0.25, -0.2) is 0 Å². The Bertz CT molecular complexity index is 588. The van der Waals surface area contributed by atoms with E-state index in [1.165, 1.54) is 161 Å². The normalized spacial score (nSPS) is 12.7. The van der Waals surface area contributed by atoms with Gasteiger partial charge in [-0.2, -0.15) is 0 Å². The van der Waals surface area contributed by atoms with Gasteiger partial charge < -0.3 is 20.4 Å². The van der Waals surface area contributed by atoms with E-state index in [9.17, 15) is 19.8 Å². The zero-order valence-electron chi connectivity index (χ0n) is 33.7. The van der Waals surface area contributed by atoms with Crippen molar-refractivity contribution in [3.63, 3.8) is 0 Å². The van der Waals surface area contributed by atoms with Crippen molar-refractivity contribution in [3.05, 3.63) is 0 Å². The number of hydrogen-bond donors (Lipinski definition) is 4. The summed E-state index contributed by atoms with van der Waals surface area (Å²) in [5.41, 5.74) is 0. The molecule has 3 unspecified atom stereocenters. The van der Waals surface area contributed by atoms with E-state index in [-0.39, 0.29) is 18.4 Å². The Morgan fingerprint density at radius 2 is 0.551 bits per heavy atom. The molecule has 6 heteroatoms. The lowest BCUT2D eigenvalue weighted by Crippen LogP contribution is -2.13. The van der Waals surface area contributed by atoms with Crippen LogP contribution in [0.1, 0.15) is 240 Å². The Morgan fingerprint density at radius 1 is 0.388 bits per heavy atom. The fraction of sp³-hybridized carbons (Fsp3) is 0.953. The van der Waals surface area contributed by atoms with Crippen LogP contribution >= 0.6 is 0 Å². The van der Waals surface area contributed by atoms with Crippen LogP contribution in [0, 0.1) is 11.8 Å². The summed E-state index contributed by atoms with van der Waals surface area (Å²) in [7, 11) is 0. The molecule has 0 rings (SSSR count). The monoisotopic (exact) mass is 701 g/mol. The van der Waals surface area contributed by atoms with Crippen molar-refractivity contribution in [2.75, 3.05) is 6.61 Å². The van der Waals surface area contributed by atoms with Gasteiger partial charge in [-0.3, -0.25) is 9.59 Å². The first kappa shape index (κ1) is 52.2. The predicted octanol–water partition coefficient (Wildman–Crippen LogP) is 13.3. The maximum Gasteiger partial charge on any atom is 0.306 e. The molecule has 0 aliphatic heterocycles. The van der Waals surface area contributed by atoms with Gasteiger partial charge in [0, 0.05) is 0 Å². The van der Waals surface area contributed by atoms with Crippen molar-refractivity contribution >= 4 is 11.9 Å². The lowest BCUT2D eigenvalue weighted by atomic mass is 9.94. The minimum Gasteiger partial charge on any atom is -0.481 e. The van der Waals surface area contributed by atoms with Gasteiger partial charge in [-0.1, -0.05) is 207 Å². The second-order valence-corrected chi connectivity index (χ2v) is 14.7. The minimum atomic E-state index is -0.573. The summed E-state index contributed by atoms with van der Waals surface area (Å²) in [6, 6.07) is 0. The van der Waals surface area contributed by atoms with E-state index in [1.54, 1.807) is 0 Å². The highest BCUT2D eigenvalue weighted by atomic mass is 16.4. The highest BCUT2D eigenvalue weighted by Crippen LogP contribution is 2.21. The highest BCUT2D eigenvalue weighted by molar-refractivity contribution is 5.70. The molecule has 49 heavy (non-hydrogen) atoms. The van der Waals surface area contributed by atoms with Crippen LogP contribution in [0.25, 0.3) is 0 Å². The van der Waals surface area contributed by atoms with Crippen molar-refractivity contribution < 1.29 is 30.0 Å². The van der Waals surface area contributed by atoms with Gasteiger partial charge in [-0.05, 0) is 32.6 Å². The van der Waals surface area contributed by atoms with Gasteiger partial charge in [0.2, 0.25) is 0 Å². The third kappa shape index (κ3) is 46.9. The number of carboxylic acids is 2. The Labute approximate surface area is 306 Å². The lowest BCUT2D eigenvalue weighted by Gasteiger charge is -2.12. The summed E-state index contributed by atoms with van der Waals surface area (Å²) < 4.78 is 0. The standard InChI is InChI=1S/2C20H40O2.C3H8O2/c2*1-3-5-7-9-11-12-14-16-18-19(20(21)22)17-15-13-10-8-6-4-2;1-3(5)2-4/h2*19H,3-18H2,1-2H3,(H,21,22);3-5H,2H2,1H3. The van der Waals surface area contributed by atoms with E-state index in [0.717, 1.165) is 51.4 Å². The number of carboxylic acid groups (broad SMARTS) is 2. The molecule has 0 aliphatic carbocycles. The SMILES string of the molecule is CC(O)CO.CCCCCCCCCCC(CCCCCCCC)C(=O)O.CCCCCCCCCCC(CCCCCCCC)C(=O)O. The van der Waals surface area contributed by atoms with Gasteiger partial charge >= 0.3 is 11.9 Å². The minimum absolute atomic E-state index is 0.0914. The molecule has 0 aliphatic rings. The van der Waals surface area contributed by atoms with Gasteiger partial charge in [0.05, 0.1) is 24.5 Å². The second-order valence-electron chi connectivity index (χ2n) is 14.7. The van der Waals surface area contributed by atoms with E-state index in [2.05, 4.69) is 27.7 Å². The van der Waals surface area contributed by atoms with Gasteiger partial charge in [0.25, 0.3) is 0 Å². The smallest absolute Gasteiger partial charge is 0.306 e. The van der Waals surface area contributed by atoms with Gasteiger partial charge in [-0.15, -0.1) is 0 Å². The summed E-state index contributed by atoms with van der Waals surface area (Å²) in [5, 5.41) is 34.6. The molecule has 0 bridgehead atoms. The van der Waals surface area contributed by atoms with Crippen LogP contribution in [0.3, 0.4) is 0 Å². The summed E-state index contributed by atoms with van der Waals surface area (Å²) in [6.07, 6.45) is 38.6. The van der Waals surface area contributed by atoms with Crippen molar-refractivity contribution in [1.82, 2.24) is 0 Å². The van der Waals surface area contributed by atoms with Crippen LogP contribution in [0.5, 0.6) is 0 Å². The molecular formula is C43H88O6. The van der Waals surface area contributed by atoms with Crippen LogP contribution in [-0.2, 0) is 9.59 Å². The molecule has 0 radical (unpaired) electrons. The molecule has 296 valence electrons. The molecule has 3 atom stereocenters. The Hall–Kier alpha value is -1.14. The maximum absolute atomic E-state index is 11.3. The topological polar surface area (TPSA) is 115 Å². The van der Waals surface area contributed by atoms with Crippen LogP contribution in [0.15, 0.2) is 0 Å². The first-order valence-corrected chi connectivity index (χ1v) is 21.5. The fourth-order valence-electron chi connectivity index (χ4n) is 6.17. The summed E-state index contributed by atoms with van der Waals surface area (Å²) in [4.78, 5) is 22.6. The molecule has 0 saturated heterocycles. The molecule has 4 N–H and O–H groups in total. The molecule has 0 fully saturated rings. The number of aliphatic hydroxyl groups is 2. The van der Waals surface area contributed by atoms with Crippen molar-refractivity contribution in [1.29, 1.82) is 0 Å². The van der Waals surface area contributed by atoms with Crippen molar-refractivity contribution in [2.24, 2.45) is 11.8 Å². The molecule has 6 nitrogen and oxygen atoms in total. The van der Waals surface area contributed by atoms with Crippen molar-refractivity contribution in [3.8, 4) is 0 Å². The number of aliphatic carboxylic acids is 2. The molecule has 0 heterocycles. The average molecular weight is 701 g/mol. The zero-order chi connectivity index (χ0) is 37.2. The number of aliphatic hydroxyl groups excluding tert-OH is 2. The first-order chi connectivity index (χ1) is 23.7. The summed E-state index contributed by atoms with van der Waals surface area (Å²) >= 11 is 0. The second kappa shape index (κ2) is 44.9. The van der Waals surface area contributed by atoms with Crippen LogP contribution in [-0.4, -0.2) is 45.1 Å². The molecule has 0 saturated carbocycles. The molecule has 0 aromatic carbocycles.